The van der Waals surface area contributed by atoms with Crippen LogP contribution in [0.3, 0.4) is 0 Å². The molecule has 0 bridgehead atoms. The highest BCUT2D eigenvalue weighted by molar-refractivity contribution is 6.02. The van der Waals surface area contributed by atoms with E-state index in [-0.39, 0.29) is 17.9 Å². The Bertz CT molecular complexity index is 1120. The summed E-state index contributed by atoms with van der Waals surface area (Å²) in [5.41, 5.74) is 1.55. The van der Waals surface area contributed by atoms with Gasteiger partial charge >= 0.3 is 11.9 Å². The summed E-state index contributed by atoms with van der Waals surface area (Å²) in [5.74, 6) is -2.25. The normalized spacial score (nSPS) is 10.9. The molecule has 1 amide bonds. The number of aromatic carboxylic acids is 1. The van der Waals surface area contributed by atoms with Gasteiger partial charge in [-0.25, -0.2) is 9.59 Å². The zero-order chi connectivity index (χ0) is 22.2. The molecule has 3 rings (SSSR count). The van der Waals surface area contributed by atoms with E-state index in [4.69, 9.17) is 9.84 Å². The third-order valence-corrected chi connectivity index (χ3v) is 4.29. The number of nitrogens with one attached hydrogen (secondary N) is 1. The molecule has 0 aromatic heterocycles. The van der Waals surface area contributed by atoms with Crippen molar-refractivity contribution in [3.8, 4) is 5.75 Å². The average Bonchev–Trinajstić information content (AvgIpc) is 2.78. The minimum atomic E-state index is -1.26. The first-order valence-corrected chi connectivity index (χ1v) is 9.29. The molecule has 0 aliphatic carbocycles. The standard InChI is InChI=1S/C24H19NO6/c26-22(18-6-2-1-3-7-18)25-21(24(29)30)14-16-9-11-20(12-10-16)31-15-17-5-4-8-19(13-17)23(27)28/h1-14H,15H2,(H,25,26)(H,27,28)(H,29,30). The fraction of sp³-hybridized carbons (Fsp3) is 0.0417. The zero-order valence-corrected chi connectivity index (χ0v) is 16.3. The minimum Gasteiger partial charge on any atom is -0.489 e. The second kappa shape index (κ2) is 9.89. The summed E-state index contributed by atoms with van der Waals surface area (Å²) in [6, 6.07) is 21.4. The van der Waals surface area contributed by atoms with Crippen LogP contribution in [-0.2, 0) is 11.4 Å². The van der Waals surface area contributed by atoms with E-state index < -0.39 is 17.8 Å². The van der Waals surface area contributed by atoms with Gasteiger partial charge in [-0.3, -0.25) is 4.79 Å². The monoisotopic (exact) mass is 417 g/mol. The summed E-state index contributed by atoms with van der Waals surface area (Å²) < 4.78 is 5.66. The largest absolute Gasteiger partial charge is 0.489 e. The van der Waals surface area contributed by atoms with Gasteiger partial charge in [-0.15, -0.1) is 0 Å². The van der Waals surface area contributed by atoms with Gasteiger partial charge in [0.2, 0.25) is 0 Å². The van der Waals surface area contributed by atoms with Gasteiger partial charge in [0.25, 0.3) is 5.91 Å². The van der Waals surface area contributed by atoms with Crippen LogP contribution in [0.5, 0.6) is 5.75 Å². The summed E-state index contributed by atoms with van der Waals surface area (Å²) >= 11 is 0. The molecule has 3 aromatic rings. The lowest BCUT2D eigenvalue weighted by atomic mass is 10.1. The van der Waals surface area contributed by atoms with Crippen LogP contribution in [0.15, 0.2) is 84.6 Å². The third-order valence-electron chi connectivity index (χ3n) is 4.29. The van der Waals surface area contributed by atoms with Crippen molar-refractivity contribution in [2.45, 2.75) is 6.61 Å². The summed E-state index contributed by atoms with van der Waals surface area (Å²) in [6.07, 6.45) is 1.35. The topological polar surface area (TPSA) is 113 Å². The van der Waals surface area contributed by atoms with Crippen LogP contribution in [0.1, 0.15) is 31.8 Å². The number of amides is 1. The van der Waals surface area contributed by atoms with Gasteiger partial charge in [-0.05, 0) is 53.6 Å². The van der Waals surface area contributed by atoms with Gasteiger partial charge in [-0.1, -0.05) is 42.5 Å². The second-order valence-corrected chi connectivity index (χ2v) is 6.55. The molecule has 3 N–H and O–H groups in total. The molecular formula is C24H19NO6. The fourth-order valence-corrected chi connectivity index (χ4v) is 2.72. The zero-order valence-electron chi connectivity index (χ0n) is 16.3. The van der Waals surface area contributed by atoms with E-state index in [0.29, 0.717) is 22.4 Å². The first kappa shape index (κ1) is 21.3. The number of hydrogen-bond donors (Lipinski definition) is 3. The third kappa shape index (κ3) is 6.04. The van der Waals surface area contributed by atoms with E-state index in [9.17, 15) is 19.5 Å². The second-order valence-electron chi connectivity index (χ2n) is 6.55. The van der Waals surface area contributed by atoms with Crippen molar-refractivity contribution < 1.29 is 29.3 Å². The van der Waals surface area contributed by atoms with Crippen molar-refractivity contribution in [1.29, 1.82) is 0 Å². The van der Waals surface area contributed by atoms with Crippen molar-refractivity contribution in [3.05, 3.63) is 107 Å². The van der Waals surface area contributed by atoms with Crippen LogP contribution in [0.4, 0.5) is 0 Å². The Labute approximate surface area is 178 Å². The van der Waals surface area contributed by atoms with Crippen molar-refractivity contribution in [1.82, 2.24) is 5.32 Å². The van der Waals surface area contributed by atoms with Crippen LogP contribution in [0, 0.1) is 0 Å². The van der Waals surface area contributed by atoms with Crippen molar-refractivity contribution in [3.63, 3.8) is 0 Å². The number of carbonyl (C=O) groups is 3. The van der Waals surface area contributed by atoms with Crippen LogP contribution < -0.4 is 10.1 Å². The molecule has 156 valence electrons. The highest BCUT2D eigenvalue weighted by atomic mass is 16.5. The molecule has 31 heavy (non-hydrogen) atoms. The first-order chi connectivity index (χ1) is 14.9. The summed E-state index contributed by atoms with van der Waals surface area (Å²) in [7, 11) is 0. The summed E-state index contributed by atoms with van der Waals surface area (Å²) in [5, 5.41) is 20.8. The van der Waals surface area contributed by atoms with Crippen LogP contribution in [0.2, 0.25) is 0 Å². The Morgan fingerprint density at radius 2 is 1.52 bits per heavy atom. The maximum absolute atomic E-state index is 12.2. The van der Waals surface area contributed by atoms with E-state index in [1.165, 1.54) is 18.2 Å². The van der Waals surface area contributed by atoms with Crippen molar-refractivity contribution in [2.75, 3.05) is 0 Å². The predicted molar refractivity (Wildman–Crippen MR) is 114 cm³/mol. The lowest BCUT2D eigenvalue weighted by Crippen LogP contribution is -2.27. The van der Waals surface area contributed by atoms with Gasteiger partial charge in [0.05, 0.1) is 5.56 Å². The Hall–Kier alpha value is -4.39. The Morgan fingerprint density at radius 3 is 2.16 bits per heavy atom. The van der Waals surface area contributed by atoms with E-state index in [1.54, 1.807) is 66.7 Å². The van der Waals surface area contributed by atoms with E-state index in [1.807, 2.05) is 0 Å². The Balaban J connectivity index is 1.66. The molecule has 0 atom stereocenters. The molecule has 0 saturated heterocycles. The SMILES string of the molecule is O=C(O)C(=Cc1ccc(OCc2cccc(C(=O)O)c2)cc1)NC(=O)c1ccccc1. The quantitative estimate of drug-likeness (QED) is 0.480. The minimum absolute atomic E-state index is 0.181. The lowest BCUT2D eigenvalue weighted by molar-refractivity contribution is -0.132. The number of benzene rings is 3. The Kier molecular flexibility index (Phi) is 6.80. The van der Waals surface area contributed by atoms with E-state index in [2.05, 4.69) is 5.32 Å². The van der Waals surface area contributed by atoms with Gasteiger partial charge in [0, 0.05) is 5.56 Å². The van der Waals surface area contributed by atoms with Crippen molar-refractivity contribution >= 4 is 23.9 Å². The highest BCUT2D eigenvalue weighted by Gasteiger charge is 2.13. The Morgan fingerprint density at radius 1 is 0.839 bits per heavy atom. The maximum Gasteiger partial charge on any atom is 0.352 e. The molecule has 0 saturated carbocycles. The summed E-state index contributed by atoms with van der Waals surface area (Å²) in [6.45, 7) is 0.184. The van der Waals surface area contributed by atoms with E-state index >= 15 is 0 Å². The maximum atomic E-state index is 12.2. The number of carboxylic acids is 2. The smallest absolute Gasteiger partial charge is 0.352 e. The molecule has 3 aromatic carbocycles. The summed E-state index contributed by atoms with van der Waals surface area (Å²) in [4.78, 5) is 34.8. The van der Waals surface area contributed by atoms with Crippen LogP contribution in [0.25, 0.3) is 6.08 Å². The highest BCUT2D eigenvalue weighted by Crippen LogP contribution is 2.17. The average molecular weight is 417 g/mol. The van der Waals surface area contributed by atoms with Crippen LogP contribution >= 0.6 is 0 Å². The number of hydrogen-bond acceptors (Lipinski definition) is 4. The number of carbonyl (C=O) groups excluding carboxylic acids is 1. The van der Waals surface area contributed by atoms with Gasteiger partial charge in [-0.2, -0.15) is 0 Å². The van der Waals surface area contributed by atoms with Gasteiger partial charge < -0.3 is 20.3 Å². The molecule has 0 radical (unpaired) electrons. The molecule has 0 unspecified atom stereocenters. The molecule has 0 spiro atoms. The fourth-order valence-electron chi connectivity index (χ4n) is 2.72. The molecule has 0 aliphatic heterocycles. The molecule has 0 aliphatic rings. The molecular weight excluding hydrogens is 398 g/mol. The van der Waals surface area contributed by atoms with E-state index in [0.717, 1.165) is 0 Å². The van der Waals surface area contributed by atoms with Gasteiger partial charge in [0.1, 0.15) is 18.1 Å². The predicted octanol–water partition coefficient (Wildman–Crippen LogP) is 3.82. The molecule has 0 heterocycles. The van der Waals surface area contributed by atoms with Crippen molar-refractivity contribution in [2.24, 2.45) is 0 Å². The number of carboxylic acid groups (broad SMARTS) is 2. The molecule has 7 heteroatoms. The lowest BCUT2D eigenvalue weighted by Gasteiger charge is -2.08. The molecule has 7 nitrogen and oxygen atoms in total. The number of aliphatic carboxylic acids is 1. The first-order valence-electron chi connectivity index (χ1n) is 9.29. The molecule has 0 fully saturated rings. The van der Waals surface area contributed by atoms with Crippen LogP contribution in [-0.4, -0.2) is 28.1 Å². The van der Waals surface area contributed by atoms with Gasteiger partial charge in [0.15, 0.2) is 0 Å². The number of ether oxygens (including phenoxy) is 1. The number of rotatable bonds is 8.